The average molecular weight is 508 g/mol. The van der Waals surface area contributed by atoms with Crippen LogP contribution in [0.1, 0.15) is 48.3 Å². The molecule has 1 aliphatic rings. The summed E-state index contributed by atoms with van der Waals surface area (Å²) in [5, 5.41) is 18.3. The largest absolute Gasteiger partial charge is 0.353 e. The van der Waals surface area contributed by atoms with Gasteiger partial charge in [0.15, 0.2) is 11.6 Å². The lowest BCUT2D eigenvalue weighted by Gasteiger charge is -2.34. The fraction of sp³-hybridized carbons (Fsp3) is 0.346. The summed E-state index contributed by atoms with van der Waals surface area (Å²) in [6.07, 6.45) is 1.75. The van der Waals surface area contributed by atoms with Crippen LogP contribution in [0.5, 0.6) is 0 Å². The van der Waals surface area contributed by atoms with Crippen LogP contribution in [0.4, 0.5) is 0 Å². The van der Waals surface area contributed by atoms with Gasteiger partial charge in [0, 0.05) is 36.6 Å². The number of likely N-dealkylation sites (tertiary alicyclic amines) is 1. The first kappa shape index (κ1) is 23.6. The van der Waals surface area contributed by atoms with E-state index in [1.165, 1.54) is 11.3 Å². The van der Waals surface area contributed by atoms with Crippen LogP contribution in [0.25, 0.3) is 27.4 Å². The van der Waals surface area contributed by atoms with Crippen molar-refractivity contribution in [2.24, 2.45) is 0 Å². The number of para-hydroxylation sites is 1. The zero-order valence-corrected chi connectivity index (χ0v) is 21.4. The van der Waals surface area contributed by atoms with Gasteiger partial charge in [-0.05, 0) is 51.3 Å². The number of nitrogens with one attached hydrogen (secondary N) is 1. The predicted molar refractivity (Wildman–Crippen MR) is 138 cm³/mol. The summed E-state index contributed by atoms with van der Waals surface area (Å²) in [6.45, 7) is 8.21. The van der Waals surface area contributed by atoms with E-state index in [1.54, 1.807) is 16.7 Å². The van der Waals surface area contributed by atoms with Gasteiger partial charge in [-0.1, -0.05) is 35.0 Å². The second-order valence-electron chi connectivity index (χ2n) is 9.17. The van der Waals surface area contributed by atoms with Crippen LogP contribution in [0.3, 0.4) is 0 Å². The Bertz CT molecular complexity index is 1440. The lowest BCUT2D eigenvalue weighted by molar-refractivity contribution is 0.0893. The summed E-state index contributed by atoms with van der Waals surface area (Å²) >= 11 is 7.49. The minimum atomic E-state index is -0.274. The van der Waals surface area contributed by atoms with Gasteiger partial charge >= 0.3 is 0 Å². The summed E-state index contributed by atoms with van der Waals surface area (Å²) in [4.78, 5) is 16.9. The molecule has 180 valence electrons. The Morgan fingerprint density at radius 2 is 2.06 bits per heavy atom. The van der Waals surface area contributed by atoms with Gasteiger partial charge in [0.1, 0.15) is 11.8 Å². The zero-order chi connectivity index (χ0) is 24.7. The molecule has 0 saturated carbocycles. The number of amides is 1. The van der Waals surface area contributed by atoms with Gasteiger partial charge in [-0.3, -0.25) is 9.36 Å². The predicted octanol–water partition coefficient (Wildman–Crippen LogP) is 5.78. The van der Waals surface area contributed by atoms with Crippen LogP contribution in [0, 0.1) is 18.3 Å². The molecule has 9 heteroatoms. The van der Waals surface area contributed by atoms with Gasteiger partial charge in [0.2, 0.25) is 0 Å². The van der Waals surface area contributed by atoms with Crippen molar-refractivity contribution in [1.29, 1.82) is 5.26 Å². The first-order valence-electron chi connectivity index (χ1n) is 11.7. The molecule has 1 aromatic carbocycles. The van der Waals surface area contributed by atoms with Crippen molar-refractivity contribution in [2.45, 2.75) is 45.7 Å². The monoisotopic (exact) mass is 507 g/mol. The lowest BCUT2D eigenvalue weighted by atomic mass is 10.0. The highest BCUT2D eigenvalue weighted by atomic mass is 35.5. The number of hydrogen-bond donors (Lipinski definition) is 1. The molecule has 4 aromatic rings. The number of fused-ring (bicyclic) bond motifs is 1. The van der Waals surface area contributed by atoms with Crippen LogP contribution in [0.2, 0.25) is 4.34 Å². The number of nitriles is 1. The summed E-state index contributed by atoms with van der Waals surface area (Å²) in [6, 6.07) is 14.0. The van der Waals surface area contributed by atoms with Crippen molar-refractivity contribution >= 4 is 39.7 Å². The van der Waals surface area contributed by atoms with E-state index in [2.05, 4.69) is 35.3 Å². The van der Waals surface area contributed by atoms with Gasteiger partial charge < -0.3 is 14.7 Å². The third-order valence-corrected chi connectivity index (χ3v) is 7.90. The number of rotatable bonds is 5. The molecule has 35 heavy (non-hydrogen) atoms. The number of aryl methyl sites for hydroxylation is 1. The minimum Gasteiger partial charge on any atom is -0.353 e. The second-order valence-corrected chi connectivity index (χ2v) is 10.9. The standard InChI is InChI=1S/C26H26ClN5O2S/c1-15(2)31-11-9-17(10-12-31)29-26(33)25-19(14-28)18-6-4-5-16(3)24(18)32(25)23-13-20(34-30-23)21-7-8-22(27)35-21/h4-8,13,15,17H,9-12H2,1-3H3,(H,29,33). The first-order valence-corrected chi connectivity index (χ1v) is 12.9. The highest BCUT2D eigenvalue weighted by molar-refractivity contribution is 7.19. The van der Waals surface area contributed by atoms with Gasteiger partial charge in [0.05, 0.1) is 20.3 Å². The second kappa shape index (κ2) is 9.50. The minimum absolute atomic E-state index is 0.0535. The molecule has 0 bridgehead atoms. The Morgan fingerprint density at radius 1 is 1.29 bits per heavy atom. The molecule has 1 N–H and O–H groups in total. The fourth-order valence-corrected chi connectivity index (χ4v) is 5.81. The van der Waals surface area contributed by atoms with E-state index in [0.717, 1.165) is 47.3 Å². The third-order valence-electron chi connectivity index (χ3n) is 6.66. The Kier molecular flexibility index (Phi) is 6.41. The summed E-state index contributed by atoms with van der Waals surface area (Å²) in [5.74, 6) is 0.729. The number of nitrogens with zero attached hydrogens (tertiary/aromatic N) is 4. The normalized spacial score (nSPS) is 15.1. The van der Waals surface area contributed by atoms with Crippen molar-refractivity contribution in [3.8, 4) is 22.5 Å². The molecular weight excluding hydrogens is 482 g/mol. The van der Waals surface area contributed by atoms with E-state index in [0.29, 0.717) is 27.5 Å². The Balaban J connectivity index is 1.57. The molecule has 3 aromatic heterocycles. The number of hydrogen-bond acceptors (Lipinski definition) is 6. The molecular formula is C26H26ClN5O2S. The maximum atomic E-state index is 13.7. The topological polar surface area (TPSA) is 87.1 Å². The highest BCUT2D eigenvalue weighted by Crippen LogP contribution is 2.35. The van der Waals surface area contributed by atoms with E-state index in [4.69, 9.17) is 16.1 Å². The zero-order valence-electron chi connectivity index (χ0n) is 19.8. The van der Waals surface area contributed by atoms with E-state index >= 15 is 0 Å². The molecule has 4 heterocycles. The molecule has 1 fully saturated rings. The van der Waals surface area contributed by atoms with E-state index in [-0.39, 0.29) is 17.6 Å². The number of piperidine rings is 1. The number of carbonyl (C=O) groups is 1. The first-order chi connectivity index (χ1) is 16.9. The smallest absolute Gasteiger partial charge is 0.269 e. The van der Waals surface area contributed by atoms with Gasteiger partial charge in [-0.25, -0.2) is 0 Å². The van der Waals surface area contributed by atoms with E-state index < -0.39 is 0 Å². The van der Waals surface area contributed by atoms with Crippen LogP contribution in [0.15, 0.2) is 40.9 Å². The van der Waals surface area contributed by atoms with Crippen molar-refractivity contribution in [1.82, 2.24) is 19.9 Å². The Hall–Kier alpha value is -3.12. The average Bonchev–Trinajstić information content (AvgIpc) is 3.56. The van der Waals surface area contributed by atoms with Gasteiger partial charge in [-0.2, -0.15) is 5.26 Å². The fourth-order valence-electron chi connectivity index (χ4n) is 4.81. The van der Waals surface area contributed by atoms with Crippen LogP contribution in [-0.2, 0) is 0 Å². The van der Waals surface area contributed by atoms with Crippen molar-refractivity contribution < 1.29 is 9.32 Å². The van der Waals surface area contributed by atoms with Crippen LogP contribution < -0.4 is 5.32 Å². The van der Waals surface area contributed by atoms with Crippen molar-refractivity contribution in [2.75, 3.05) is 13.1 Å². The van der Waals surface area contributed by atoms with Crippen LogP contribution >= 0.6 is 22.9 Å². The quantitative estimate of drug-likeness (QED) is 0.370. The number of aromatic nitrogens is 2. The maximum absolute atomic E-state index is 13.7. The summed E-state index contributed by atoms with van der Waals surface area (Å²) in [7, 11) is 0. The molecule has 7 nitrogen and oxygen atoms in total. The van der Waals surface area contributed by atoms with E-state index in [9.17, 15) is 10.1 Å². The van der Waals surface area contributed by atoms with Gasteiger partial charge in [0.25, 0.3) is 5.91 Å². The SMILES string of the molecule is Cc1cccc2c(C#N)c(C(=O)NC3CCN(C(C)C)CC3)n(-c3cc(-c4ccc(Cl)s4)on3)c12. The lowest BCUT2D eigenvalue weighted by Crippen LogP contribution is -2.47. The molecule has 0 atom stereocenters. The number of carbonyl (C=O) groups excluding carboxylic acids is 1. The molecule has 1 amide bonds. The highest BCUT2D eigenvalue weighted by Gasteiger charge is 2.29. The Morgan fingerprint density at radius 3 is 2.71 bits per heavy atom. The molecule has 0 spiro atoms. The molecule has 0 unspecified atom stereocenters. The molecule has 5 rings (SSSR count). The number of halogens is 1. The number of benzene rings is 1. The molecule has 0 aliphatic carbocycles. The molecule has 0 radical (unpaired) electrons. The van der Waals surface area contributed by atoms with Crippen molar-refractivity contribution in [3.63, 3.8) is 0 Å². The maximum Gasteiger partial charge on any atom is 0.269 e. The van der Waals surface area contributed by atoms with Crippen LogP contribution in [-0.4, -0.2) is 45.7 Å². The number of thiophene rings is 1. The van der Waals surface area contributed by atoms with E-state index in [1.807, 2.05) is 31.2 Å². The van der Waals surface area contributed by atoms with Crippen molar-refractivity contribution in [3.05, 3.63) is 57.6 Å². The van der Waals surface area contributed by atoms with Gasteiger partial charge in [-0.15, -0.1) is 11.3 Å². The summed E-state index contributed by atoms with van der Waals surface area (Å²) < 4.78 is 8.03. The Labute approximate surface area is 212 Å². The third kappa shape index (κ3) is 4.36. The summed E-state index contributed by atoms with van der Waals surface area (Å²) in [5.41, 5.74) is 2.33. The molecule has 1 aliphatic heterocycles. The molecule has 1 saturated heterocycles.